The van der Waals surface area contributed by atoms with Gasteiger partial charge in [-0.1, -0.05) is 103 Å². The summed E-state index contributed by atoms with van der Waals surface area (Å²) in [6.07, 6.45) is 9.73. The van der Waals surface area contributed by atoms with Crippen molar-refractivity contribution in [3.8, 4) is 0 Å². The zero-order valence-electron chi connectivity index (χ0n) is 23.1. The van der Waals surface area contributed by atoms with Crippen molar-refractivity contribution in [1.29, 1.82) is 0 Å². The molecule has 0 bridgehead atoms. The third-order valence-electron chi connectivity index (χ3n) is 8.05. The molecule has 0 aliphatic carbocycles. The van der Waals surface area contributed by atoms with Crippen molar-refractivity contribution in [3.05, 3.63) is 187 Å². The second-order valence-electron chi connectivity index (χ2n) is 10.7. The molecule has 2 heterocycles. The standard InChI is InChI=1S/C38H29N2O2/c41-37-33(23-29-19-21-39(25-27-11-3-1-4-12-27)35-17-9-7-15-31(29)35)38(42)34(37)24-30-20-22-40(26-28-13-5-2-6-14-28)36-18-10-8-16-32(30)36/h1-24,29H,25-26H2/q+1. The Kier molecular flexibility index (Phi) is 6.65. The zero-order valence-corrected chi connectivity index (χ0v) is 23.1. The molecule has 1 unspecified atom stereocenters. The summed E-state index contributed by atoms with van der Waals surface area (Å²) in [7, 11) is 0. The summed E-state index contributed by atoms with van der Waals surface area (Å²) in [5, 5.41) is 1.51. The van der Waals surface area contributed by atoms with Gasteiger partial charge in [0.05, 0.1) is 15.8 Å². The van der Waals surface area contributed by atoms with Crippen LogP contribution >= 0.6 is 0 Å². The molecule has 1 atom stereocenters. The first kappa shape index (κ1) is 25.6. The number of pyridine rings is 1. The number of hydrogen-bond acceptors (Lipinski definition) is 3. The highest BCUT2D eigenvalue weighted by molar-refractivity contribution is 5.85. The van der Waals surface area contributed by atoms with E-state index in [0.29, 0.717) is 0 Å². The molecule has 0 saturated carbocycles. The van der Waals surface area contributed by atoms with Crippen molar-refractivity contribution >= 4 is 28.7 Å². The summed E-state index contributed by atoms with van der Waals surface area (Å²) < 4.78 is 2.19. The topological polar surface area (TPSA) is 41.3 Å². The van der Waals surface area contributed by atoms with Gasteiger partial charge in [0.25, 0.3) is 0 Å². The summed E-state index contributed by atoms with van der Waals surface area (Å²) in [5.41, 5.74) is 6.12. The summed E-state index contributed by atoms with van der Waals surface area (Å²) in [6.45, 7) is 1.49. The quantitative estimate of drug-likeness (QED) is 0.285. The predicted octanol–water partition coefficient (Wildman–Crippen LogP) is 4.70. The van der Waals surface area contributed by atoms with E-state index in [4.69, 9.17) is 0 Å². The first-order valence-electron chi connectivity index (χ1n) is 14.2. The average Bonchev–Trinajstić information content (AvgIpc) is 3.05. The second kappa shape index (κ2) is 10.9. The monoisotopic (exact) mass is 545 g/mol. The highest BCUT2D eigenvalue weighted by Crippen LogP contribution is 2.35. The molecule has 0 spiro atoms. The maximum Gasteiger partial charge on any atom is 0.213 e. The molecule has 42 heavy (non-hydrogen) atoms. The SMILES string of the molecule is O=c1c(=Cc2cc[n+](Cc3ccccc3)c3ccccc23)c(=O)c1=CC1C=CN(Cc2ccccc2)c2ccccc21. The molecular formula is C38H29N2O2+. The van der Waals surface area contributed by atoms with Crippen LogP contribution in [0.2, 0.25) is 0 Å². The van der Waals surface area contributed by atoms with Gasteiger partial charge in [0.2, 0.25) is 16.4 Å². The minimum absolute atomic E-state index is 0.146. The van der Waals surface area contributed by atoms with Crippen molar-refractivity contribution in [2.45, 2.75) is 19.0 Å². The number of rotatable bonds is 6. The van der Waals surface area contributed by atoms with E-state index < -0.39 is 0 Å². The lowest BCUT2D eigenvalue weighted by Crippen LogP contribution is -2.64. The molecule has 7 rings (SSSR count). The molecular weight excluding hydrogens is 516 g/mol. The van der Waals surface area contributed by atoms with E-state index in [-0.39, 0.29) is 27.2 Å². The largest absolute Gasteiger partial charge is 0.344 e. The maximum atomic E-state index is 13.3. The van der Waals surface area contributed by atoms with Gasteiger partial charge in [-0.15, -0.1) is 0 Å². The molecule has 0 radical (unpaired) electrons. The Morgan fingerprint density at radius 2 is 1.36 bits per heavy atom. The summed E-state index contributed by atoms with van der Waals surface area (Å²) in [5.74, 6) is -0.146. The number of fused-ring (bicyclic) bond motifs is 2. The lowest BCUT2D eigenvalue weighted by Gasteiger charge is -2.29. The fourth-order valence-electron chi connectivity index (χ4n) is 5.88. The van der Waals surface area contributed by atoms with Gasteiger partial charge in [-0.3, -0.25) is 9.59 Å². The van der Waals surface area contributed by atoms with Gasteiger partial charge in [0, 0.05) is 42.0 Å². The average molecular weight is 546 g/mol. The van der Waals surface area contributed by atoms with Crippen LogP contribution in [0.1, 0.15) is 28.2 Å². The number of anilines is 1. The molecule has 0 saturated heterocycles. The van der Waals surface area contributed by atoms with Gasteiger partial charge >= 0.3 is 0 Å². The molecule has 5 aromatic carbocycles. The van der Waals surface area contributed by atoms with Crippen LogP contribution in [0.4, 0.5) is 5.69 Å². The molecule has 1 aliphatic rings. The Morgan fingerprint density at radius 1 is 0.690 bits per heavy atom. The minimum atomic E-state index is -0.192. The molecule has 1 aromatic heterocycles. The van der Waals surface area contributed by atoms with Crippen molar-refractivity contribution in [2.75, 3.05) is 4.90 Å². The molecule has 0 fully saturated rings. The number of benzene rings is 4. The summed E-state index contributed by atoms with van der Waals surface area (Å²) >= 11 is 0. The maximum absolute atomic E-state index is 13.3. The first-order valence-corrected chi connectivity index (χ1v) is 14.2. The smallest absolute Gasteiger partial charge is 0.213 e. The lowest BCUT2D eigenvalue weighted by molar-refractivity contribution is -0.662. The van der Waals surface area contributed by atoms with Crippen LogP contribution in [0, 0.1) is 0 Å². The lowest BCUT2D eigenvalue weighted by atomic mass is 9.91. The van der Waals surface area contributed by atoms with Crippen molar-refractivity contribution in [1.82, 2.24) is 0 Å². The van der Waals surface area contributed by atoms with Crippen LogP contribution in [0.3, 0.4) is 0 Å². The molecule has 6 aromatic rings. The Labute approximate surface area is 243 Å². The number of hydrogen-bond donors (Lipinski definition) is 0. The number of nitrogens with zero attached hydrogens (tertiary/aromatic N) is 2. The summed E-state index contributed by atoms with van der Waals surface area (Å²) in [4.78, 5) is 28.8. The van der Waals surface area contributed by atoms with E-state index in [0.717, 1.165) is 40.8 Å². The molecule has 4 nitrogen and oxygen atoms in total. The van der Waals surface area contributed by atoms with Gasteiger partial charge in [-0.05, 0) is 34.9 Å². The van der Waals surface area contributed by atoms with Gasteiger partial charge in [0.15, 0.2) is 12.7 Å². The Bertz CT molecular complexity index is 2110. The minimum Gasteiger partial charge on any atom is -0.344 e. The van der Waals surface area contributed by atoms with Gasteiger partial charge in [-0.2, -0.15) is 4.57 Å². The highest BCUT2D eigenvalue weighted by Gasteiger charge is 2.21. The van der Waals surface area contributed by atoms with Crippen molar-refractivity contribution in [2.24, 2.45) is 0 Å². The Balaban J connectivity index is 1.23. The van der Waals surface area contributed by atoms with E-state index in [9.17, 15) is 9.59 Å². The van der Waals surface area contributed by atoms with Crippen LogP contribution in [-0.4, -0.2) is 0 Å². The van der Waals surface area contributed by atoms with E-state index in [1.165, 1.54) is 11.1 Å². The fraction of sp³-hybridized carbons (Fsp3) is 0.0789. The molecule has 0 amide bonds. The first-order chi connectivity index (χ1) is 20.7. The van der Waals surface area contributed by atoms with Gasteiger partial charge < -0.3 is 4.90 Å². The number of allylic oxidation sites excluding steroid dienone is 1. The molecule has 4 heteroatoms. The third-order valence-corrected chi connectivity index (χ3v) is 8.05. The van der Waals surface area contributed by atoms with E-state index in [1.807, 2.05) is 85.1 Å². The third kappa shape index (κ3) is 4.77. The molecule has 202 valence electrons. The number of aromatic nitrogens is 1. The van der Waals surface area contributed by atoms with E-state index in [1.54, 1.807) is 6.08 Å². The van der Waals surface area contributed by atoms with Crippen molar-refractivity contribution in [3.63, 3.8) is 0 Å². The fourth-order valence-corrected chi connectivity index (χ4v) is 5.88. The van der Waals surface area contributed by atoms with E-state index >= 15 is 0 Å². The Morgan fingerprint density at radius 3 is 2.14 bits per heavy atom. The number of para-hydroxylation sites is 2. The van der Waals surface area contributed by atoms with Crippen LogP contribution in [-0.2, 0) is 13.1 Å². The highest BCUT2D eigenvalue weighted by atomic mass is 16.1. The predicted molar refractivity (Wildman–Crippen MR) is 169 cm³/mol. The Hall–Kier alpha value is -5.35. The molecule has 0 N–H and O–H groups in total. The van der Waals surface area contributed by atoms with Crippen LogP contribution in [0.5, 0.6) is 0 Å². The van der Waals surface area contributed by atoms with E-state index in [2.05, 4.69) is 64.2 Å². The molecule has 1 aliphatic heterocycles. The van der Waals surface area contributed by atoms with Gasteiger partial charge in [-0.25, -0.2) is 0 Å². The van der Waals surface area contributed by atoms with Gasteiger partial charge in [0.1, 0.15) is 0 Å². The zero-order chi connectivity index (χ0) is 28.5. The van der Waals surface area contributed by atoms with Crippen LogP contribution in [0.15, 0.2) is 143 Å². The van der Waals surface area contributed by atoms with Crippen LogP contribution in [0.25, 0.3) is 23.1 Å². The second-order valence-corrected chi connectivity index (χ2v) is 10.7. The summed E-state index contributed by atoms with van der Waals surface area (Å²) in [6, 6.07) is 38.9. The van der Waals surface area contributed by atoms with Crippen molar-refractivity contribution < 1.29 is 4.57 Å². The van der Waals surface area contributed by atoms with Crippen LogP contribution < -0.4 is 30.8 Å². The normalized spacial score (nSPS) is 14.2.